The molecule has 56 heavy (non-hydrogen) atoms. The van der Waals surface area contributed by atoms with Crippen LogP contribution in [0.15, 0.2) is 46.9 Å². The summed E-state index contributed by atoms with van der Waals surface area (Å²) in [5.74, 6) is -0.716. The third-order valence-electron chi connectivity index (χ3n) is 11.0. The number of cyclic esters (lactones) is 1. The van der Waals surface area contributed by atoms with Crippen LogP contribution in [-0.4, -0.2) is 120 Å². The molecule has 2 aromatic heterocycles. The number of likely N-dealkylation sites (tertiary alicyclic amines) is 1. The van der Waals surface area contributed by atoms with Gasteiger partial charge in [-0.2, -0.15) is 0 Å². The number of carbonyl (C=O) groups excluding carboxylic acids is 3. The van der Waals surface area contributed by atoms with Crippen LogP contribution in [0, 0.1) is 5.41 Å². The SMILES string of the molecule is C=C/C(=C(\N=C/C)[C@H](C)OC)c1c2c3cc(ccc3n1CC)-c1csc(n1)C[C@H](NC(=O)N1CC[C@H]1CN(C)C)C(=O)N1CCC[C@H](N1)C(=O)OCC(C)(C)C2. The Morgan fingerprint density at radius 1 is 1.27 bits per heavy atom. The first kappa shape index (κ1) is 41.3. The topological polar surface area (TPSA) is 134 Å². The highest BCUT2D eigenvalue weighted by atomic mass is 32.1. The average molecular weight is 787 g/mol. The average Bonchev–Trinajstić information content (AvgIpc) is 3.76. The van der Waals surface area contributed by atoms with Gasteiger partial charge in [-0.15, -0.1) is 11.3 Å². The summed E-state index contributed by atoms with van der Waals surface area (Å²) in [7, 11) is 5.66. The summed E-state index contributed by atoms with van der Waals surface area (Å²) in [6.07, 6.45) is 6.19. The van der Waals surface area contributed by atoms with Gasteiger partial charge < -0.3 is 29.2 Å². The first-order valence-electron chi connectivity index (χ1n) is 19.7. The van der Waals surface area contributed by atoms with Crippen molar-refractivity contribution in [2.45, 2.75) is 97.5 Å². The number of aryl methyl sites for hydroxylation is 1. The van der Waals surface area contributed by atoms with Crippen LogP contribution in [0.4, 0.5) is 4.79 Å². The van der Waals surface area contributed by atoms with Crippen LogP contribution in [0.1, 0.15) is 70.1 Å². The molecule has 4 atom stereocenters. The first-order valence-corrected chi connectivity index (χ1v) is 20.6. The Morgan fingerprint density at radius 2 is 2.05 bits per heavy atom. The highest BCUT2D eigenvalue weighted by Crippen LogP contribution is 2.40. The molecule has 3 amide bonds. The molecule has 1 aromatic carbocycles. The zero-order chi connectivity index (χ0) is 40.3. The normalized spacial score (nSPS) is 22.8. The Morgan fingerprint density at radius 3 is 2.71 bits per heavy atom. The largest absolute Gasteiger partial charge is 0.464 e. The zero-order valence-corrected chi connectivity index (χ0v) is 35.0. The summed E-state index contributed by atoms with van der Waals surface area (Å²) in [5, 5.41) is 8.34. The molecule has 0 aliphatic carbocycles. The molecule has 3 aliphatic rings. The number of nitrogens with one attached hydrogen (secondary N) is 2. The van der Waals surface area contributed by atoms with Gasteiger partial charge in [-0.25, -0.2) is 15.2 Å². The van der Waals surface area contributed by atoms with Crippen molar-refractivity contribution in [1.29, 1.82) is 0 Å². The molecule has 2 saturated heterocycles. The second-order valence-corrected chi connectivity index (χ2v) is 17.0. The van der Waals surface area contributed by atoms with Gasteiger partial charge in [0, 0.05) is 84.8 Å². The van der Waals surface area contributed by atoms with Gasteiger partial charge in [0.1, 0.15) is 12.1 Å². The van der Waals surface area contributed by atoms with E-state index in [2.05, 4.69) is 65.8 Å². The molecule has 5 heterocycles. The molecule has 6 bridgehead atoms. The van der Waals surface area contributed by atoms with Gasteiger partial charge in [-0.05, 0) is 78.2 Å². The Labute approximate surface area is 334 Å². The van der Waals surface area contributed by atoms with E-state index in [1.54, 1.807) is 18.2 Å². The van der Waals surface area contributed by atoms with Crippen LogP contribution in [0.25, 0.3) is 27.7 Å². The number of carbonyl (C=O) groups is 3. The zero-order valence-electron chi connectivity index (χ0n) is 34.2. The summed E-state index contributed by atoms with van der Waals surface area (Å²) in [5.41, 5.74) is 9.22. The Kier molecular flexibility index (Phi) is 12.8. The lowest BCUT2D eigenvalue weighted by molar-refractivity contribution is -0.155. The van der Waals surface area contributed by atoms with Crippen molar-refractivity contribution >= 4 is 51.9 Å². The number of fused-ring (bicyclic) bond motifs is 6. The maximum Gasteiger partial charge on any atom is 0.324 e. The molecule has 0 radical (unpaired) electrons. The van der Waals surface area contributed by atoms with Crippen LogP contribution in [0.5, 0.6) is 0 Å². The van der Waals surface area contributed by atoms with Gasteiger partial charge in [0.2, 0.25) is 0 Å². The lowest BCUT2D eigenvalue weighted by atomic mass is 9.84. The van der Waals surface area contributed by atoms with E-state index in [-0.39, 0.29) is 37.1 Å². The monoisotopic (exact) mass is 786 g/mol. The number of likely N-dealkylation sites (N-methyl/N-ethyl adjacent to an activating group) is 1. The van der Waals surface area contributed by atoms with Crippen molar-refractivity contribution in [3.05, 3.63) is 58.2 Å². The van der Waals surface area contributed by atoms with E-state index in [4.69, 9.17) is 19.5 Å². The molecule has 0 spiro atoms. The summed E-state index contributed by atoms with van der Waals surface area (Å²) in [6.45, 7) is 17.1. The highest BCUT2D eigenvalue weighted by molar-refractivity contribution is 7.10. The number of aromatic nitrogens is 2. The number of rotatable bonds is 9. The van der Waals surface area contributed by atoms with Crippen LogP contribution >= 0.6 is 11.3 Å². The predicted molar refractivity (Wildman–Crippen MR) is 222 cm³/mol. The highest BCUT2D eigenvalue weighted by Gasteiger charge is 2.38. The van der Waals surface area contributed by atoms with Crippen LogP contribution in [0.3, 0.4) is 0 Å². The van der Waals surface area contributed by atoms with Crippen molar-refractivity contribution in [2.75, 3.05) is 47.4 Å². The molecular weight excluding hydrogens is 729 g/mol. The van der Waals surface area contributed by atoms with E-state index < -0.39 is 23.5 Å². The fraction of sp³-hybridized carbons (Fsp3) is 0.548. The van der Waals surface area contributed by atoms with Crippen molar-refractivity contribution in [3.8, 4) is 11.3 Å². The van der Waals surface area contributed by atoms with Gasteiger partial charge in [0.25, 0.3) is 5.91 Å². The number of esters is 1. The molecular formula is C42H58N8O5S. The number of aliphatic imine (C=N–C) groups is 1. The molecule has 3 aromatic rings. The van der Waals surface area contributed by atoms with E-state index >= 15 is 0 Å². The van der Waals surface area contributed by atoms with Gasteiger partial charge in [-0.1, -0.05) is 32.6 Å². The Balaban J connectivity index is 1.47. The van der Waals surface area contributed by atoms with E-state index in [9.17, 15) is 14.4 Å². The molecule has 2 N–H and O–H groups in total. The molecule has 0 saturated carbocycles. The minimum Gasteiger partial charge on any atom is -0.464 e. The fourth-order valence-corrected chi connectivity index (χ4v) is 8.88. The number of hydrogen-bond acceptors (Lipinski definition) is 10. The standard InChI is InChI=1S/C42H58N8O5S/c1-10-29(37(43-11-2)26(4)54-9)38-31-22-42(5,6)25-55-40(52)32-14-13-18-50(46-32)39(51)33(45-41(53)49-19-17-28(49)23-47(7)8)21-36-44-34(24-56-36)27-15-16-35(30(31)20-27)48(38)12-3/h10-11,15-16,20,24,26,28,32-33,46H,1,12-14,17-19,21-23,25H2,2-9H3,(H,45,53)/b37-29+,43-11-/t26-,28-,32-,33-/m0/s1. The quantitative estimate of drug-likeness (QED) is 0.161. The third kappa shape index (κ3) is 8.63. The van der Waals surface area contributed by atoms with E-state index in [1.165, 1.54) is 16.3 Å². The van der Waals surface area contributed by atoms with Crippen LogP contribution in [-0.2, 0) is 38.4 Å². The van der Waals surface area contributed by atoms with Crippen molar-refractivity contribution < 1.29 is 23.9 Å². The molecule has 3 aliphatic heterocycles. The van der Waals surface area contributed by atoms with E-state index in [0.29, 0.717) is 38.9 Å². The minimum absolute atomic E-state index is 0.0811. The number of allylic oxidation sites excluding steroid dienone is 2. The number of benzene rings is 1. The summed E-state index contributed by atoms with van der Waals surface area (Å²) < 4.78 is 14.2. The van der Waals surface area contributed by atoms with Gasteiger partial charge in [-0.3, -0.25) is 19.6 Å². The molecule has 14 heteroatoms. The first-order chi connectivity index (χ1) is 26.8. The van der Waals surface area contributed by atoms with Gasteiger partial charge in [0.05, 0.1) is 34.8 Å². The number of urea groups is 1. The van der Waals surface area contributed by atoms with E-state index in [0.717, 1.165) is 62.7 Å². The van der Waals surface area contributed by atoms with Gasteiger partial charge >= 0.3 is 12.0 Å². The molecule has 0 unspecified atom stereocenters. The second-order valence-electron chi connectivity index (χ2n) is 16.1. The van der Waals surface area contributed by atoms with Gasteiger partial charge in [0.15, 0.2) is 0 Å². The maximum absolute atomic E-state index is 14.3. The number of amides is 3. The minimum atomic E-state index is -0.893. The number of hydrazine groups is 1. The number of ether oxygens (including phenoxy) is 2. The predicted octanol–water partition coefficient (Wildman–Crippen LogP) is 5.69. The molecule has 2 fully saturated rings. The van der Waals surface area contributed by atoms with E-state index in [1.807, 2.05) is 39.4 Å². The molecule has 302 valence electrons. The summed E-state index contributed by atoms with van der Waals surface area (Å²) in [6, 6.07) is 4.62. The number of nitrogens with zero attached hydrogens (tertiary/aromatic N) is 6. The number of methoxy groups -OCH3 is 1. The maximum atomic E-state index is 14.3. The third-order valence-corrected chi connectivity index (χ3v) is 11.9. The fourth-order valence-electron chi connectivity index (χ4n) is 8.03. The van der Waals surface area contributed by atoms with Crippen LogP contribution in [0.2, 0.25) is 0 Å². The smallest absolute Gasteiger partial charge is 0.324 e. The van der Waals surface area contributed by atoms with Crippen molar-refractivity contribution in [1.82, 2.24) is 35.1 Å². The van der Waals surface area contributed by atoms with Crippen molar-refractivity contribution in [3.63, 3.8) is 0 Å². The number of hydrogen-bond donors (Lipinski definition) is 2. The second kappa shape index (κ2) is 17.4. The van der Waals surface area contributed by atoms with Crippen LogP contribution < -0.4 is 10.7 Å². The lowest BCUT2D eigenvalue weighted by Crippen LogP contribution is -2.63. The van der Waals surface area contributed by atoms with Crippen molar-refractivity contribution in [2.24, 2.45) is 10.4 Å². The Bertz CT molecular complexity index is 2010. The summed E-state index contributed by atoms with van der Waals surface area (Å²) in [4.78, 5) is 55.3. The molecule has 13 nitrogen and oxygen atoms in total. The summed E-state index contributed by atoms with van der Waals surface area (Å²) >= 11 is 1.47. The Hall–Kier alpha value is -4.37. The molecule has 6 rings (SSSR count). The number of thiazole rings is 1. The lowest BCUT2D eigenvalue weighted by Gasteiger charge is -2.43.